The summed E-state index contributed by atoms with van der Waals surface area (Å²) < 4.78 is 32.3. The van der Waals surface area contributed by atoms with Crippen molar-refractivity contribution in [2.24, 2.45) is 0 Å². The number of hydrogen-bond donors (Lipinski definition) is 1. The first-order valence-corrected chi connectivity index (χ1v) is 9.38. The summed E-state index contributed by atoms with van der Waals surface area (Å²) in [5, 5.41) is 13.6. The maximum absolute atomic E-state index is 13.6. The number of benzene rings is 2. The number of nitrogens with one attached hydrogen (secondary N) is 1. The maximum Gasteiger partial charge on any atom is 0.278 e. The highest BCUT2D eigenvalue weighted by molar-refractivity contribution is 6.36. The quantitative estimate of drug-likeness (QED) is 0.390. The highest BCUT2D eigenvalue weighted by Gasteiger charge is 2.39. The molecule has 1 heterocycles. The molecule has 1 aliphatic rings. The number of carbonyl (C=O) groups excluding carboxylic acids is 2. The molecule has 2 aromatic rings. The molecule has 2 amide bonds. The van der Waals surface area contributed by atoms with Gasteiger partial charge in [-0.2, -0.15) is 0 Å². The predicted octanol–water partition coefficient (Wildman–Crippen LogP) is 3.49. The topological polar surface area (TPSA) is 102 Å². The van der Waals surface area contributed by atoms with Crippen molar-refractivity contribution >= 4 is 28.8 Å². The first kappa shape index (κ1) is 22.0. The van der Waals surface area contributed by atoms with Crippen LogP contribution in [0, 0.1) is 21.7 Å². The molecule has 8 nitrogen and oxygen atoms in total. The average molecular weight is 431 g/mol. The highest BCUT2D eigenvalue weighted by atomic mass is 19.2. The lowest BCUT2D eigenvalue weighted by Crippen LogP contribution is -2.35. The Balaban J connectivity index is 1.99. The van der Waals surface area contributed by atoms with E-state index in [2.05, 4.69) is 5.32 Å². The second-order valence-corrected chi connectivity index (χ2v) is 6.99. The number of rotatable bonds is 8. The lowest BCUT2D eigenvalue weighted by atomic mass is 10.0. The van der Waals surface area contributed by atoms with Gasteiger partial charge in [0.05, 0.1) is 29.8 Å². The molecule has 1 aliphatic heterocycles. The molecule has 0 atom stereocenters. The van der Waals surface area contributed by atoms with Gasteiger partial charge in [-0.05, 0) is 43.7 Å². The zero-order valence-electron chi connectivity index (χ0n) is 16.7. The Kier molecular flexibility index (Phi) is 6.40. The van der Waals surface area contributed by atoms with Gasteiger partial charge in [-0.3, -0.25) is 24.6 Å². The summed E-state index contributed by atoms with van der Waals surface area (Å²) >= 11 is 0. The zero-order chi connectivity index (χ0) is 22.7. The fourth-order valence-corrected chi connectivity index (χ4v) is 3.01. The van der Waals surface area contributed by atoms with Crippen LogP contribution in [0.4, 0.5) is 20.2 Å². The van der Waals surface area contributed by atoms with Crippen molar-refractivity contribution in [2.45, 2.75) is 20.0 Å². The van der Waals surface area contributed by atoms with Crippen LogP contribution < -0.4 is 5.32 Å². The van der Waals surface area contributed by atoms with Crippen LogP contribution in [0.3, 0.4) is 0 Å². The molecule has 3 rings (SSSR count). The summed E-state index contributed by atoms with van der Waals surface area (Å²) in [5.41, 5.74) is -0.0296. The number of imide groups is 1. The van der Waals surface area contributed by atoms with Gasteiger partial charge in [-0.25, -0.2) is 8.78 Å². The van der Waals surface area contributed by atoms with Crippen molar-refractivity contribution in [3.63, 3.8) is 0 Å². The van der Waals surface area contributed by atoms with Crippen LogP contribution >= 0.6 is 0 Å². The van der Waals surface area contributed by atoms with Crippen LogP contribution in [0.2, 0.25) is 0 Å². The van der Waals surface area contributed by atoms with Gasteiger partial charge in [0.2, 0.25) is 0 Å². The number of nitrogens with zero attached hydrogens (tertiary/aromatic N) is 2. The van der Waals surface area contributed by atoms with Gasteiger partial charge in [0.25, 0.3) is 17.5 Å². The molecule has 0 saturated carbocycles. The smallest absolute Gasteiger partial charge is 0.278 e. The van der Waals surface area contributed by atoms with Crippen molar-refractivity contribution in [2.75, 3.05) is 18.5 Å². The first-order chi connectivity index (χ1) is 14.7. The van der Waals surface area contributed by atoms with E-state index in [1.54, 1.807) is 0 Å². The minimum Gasteiger partial charge on any atom is -0.377 e. The molecule has 31 heavy (non-hydrogen) atoms. The Hall–Kier alpha value is -3.66. The third kappa shape index (κ3) is 4.75. The summed E-state index contributed by atoms with van der Waals surface area (Å²) in [4.78, 5) is 37.3. The van der Waals surface area contributed by atoms with E-state index in [4.69, 9.17) is 4.74 Å². The van der Waals surface area contributed by atoms with Gasteiger partial charge < -0.3 is 10.1 Å². The Morgan fingerprint density at radius 3 is 2.32 bits per heavy atom. The predicted molar refractivity (Wildman–Crippen MR) is 108 cm³/mol. The van der Waals surface area contributed by atoms with Gasteiger partial charge in [0, 0.05) is 23.9 Å². The number of non-ortho nitro benzene ring substituents is 1. The Labute approximate surface area is 176 Å². The van der Waals surface area contributed by atoms with Crippen molar-refractivity contribution in [1.82, 2.24) is 4.90 Å². The fraction of sp³-hybridized carbons (Fsp3) is 0.238. The number of carbonyl (C=O) groups is 2. The van der Waals surface area contributed by atoms with Gasteiger partial charge in [0.15, 0.2) is 11.6 Å². The maximum atomic E-state index is 13.6. The van der Waals surface area contributed by atoms with E-state index in [0.29, 0.717) is 0 Å². The summed E-state index contributed by atoms with van der Waals surface area (Å²) in [5.74, 6) is -3.48. The molecule has 0 saturated heterocycles. The van der Waals surface area contributed by atoms with E-state index < -0.39 is 28.4 Å². The molecule has 0 fully saturated rings. The standard InChI is InChI=1S/C21H19F2N3O5/c1-12(2)31-10-9-25-20(27)18(13-3-6-15(7-4-13)26(29)30)19(21(25)28)24-14-5-8-16(22)17(23)11-14/h3-8,11-12,24H,9-10H2,1-2H3. The number of ether oxygens (including phenoxy) is 1. The molecule has 0 radical (unpaired) electrons. The molecule has 10 heteroatoms. The summed E-state index contributed by atoms with van der Waals surface area (Å²) in [6, 6.07) is 8.08. The van der Waals surface area contributed by atoms with Crippen LogP contribution in [0.15, 0.2) is 48.2 Å². The average Bonchev–Trinajstić information content (AvgIpc) is 2.94. The Morgan fingerprint density at radius 2 is 1.74 bits per heavy atom. The molecule has 162 valence electrons. The van der Waals surface area contributed by atoms with E-state index in [0.717, 1.165) is 17.0 Å². The summed E-state index contributed by atoms with van der Waals surface area (Å²) in [7, 11) is 0. The SMILES string of the molecule is CC(C)OCCN1C(=O)C(Nc2ccc(F)c(F)c2)=C(c2ccc([N+](=O)[O-])cc2)C1=O. The lowest BCUT2D eigenvalue weighted by Gasteiger charge is -2.16. The van der Waals surface area contributed by atoms with Crippen LogP contribution in [-0.4, -0.2) is 40.9 Å². The fourth-order valence-electron chi connectivity index (χ4n) is 3.01. The molecule has 1 N–H and O–H groups in total. The molecular formula is C21H19F2N3O5. The number of nitro benzene ring substituents is 1. The zero-order valence-corrected chi connectivity index (χ0v) is 16.7. The molecule has 2 aromatic carbocycles. The van der Waals surface area contributed by atoms with Crippen LogP contribution in [-0.2, 0) is 14.3 Å². The number of anilines is 1. The monoisotopic (exact) mass is 431 g/mol. The van der Waals surface area contributed by atoms with Crippen molar-refractivity contribution in [1.29, 1.82) is 0 Å². The Morgan fingerprint density at radius 1 is 1.06 bits per heavy atom. The molecule has 0 unspecified atom stereocenters. The number of hydrogen-bond acceptors (Lipinski definition) is 6. The molecular weight excluding hydrogens is 412 g/mol. The van der Waals surface area contributed by atoms with Gasteiger partial charge >= 0.3 is 0 Å². The molecule has 0 aromatic heterocycles. The first-order valence-electron chi connectivity index (χ1n) is 9.38. The number of amides is 2. The molecule has 0 bridgehead atoms. The van der Waals surface area contributed by atoms with E-state index in [9.17, 15) is 28.5 Å². The van der Waals surface area contributed by atoms with Crippen LogP contribution in [0.5, 0.6) is 0 Å². The van der Waals surface area contributed by atoms with E-state index >= 15 is 0 Å². The van der Waals surface area contributed by atoms with Crippen molar-refractivity contribution in [3.05, 3.63) is 75.5 Å². The normalized spacial score (nSPS) is 14.0. The largest absolute Gasteiger partial charge is 0.377 e. The molecule has 0 spiro atoms. The van der Waals surface area contributed by atoms with E-state index in [-0.39, 0.29) is 47.5 Å². The lowest BCUT2D eigenvalue weighted by molar-refractivity contribution is -0.384. The third-order valence-electron chi connectivity index (χ3n) is 4.49. The van der Waals surface area contributed by atoms with E-state index in [1.165, 1.54) is 30.3 Å². The minimum absolute atomic E-state index is 0.0186. The van der Waals surface area contributed by atoms with E-state index in [1.807, 2.05) is 13.8 Å². The van der Waals surface area contributed by atoms with Crippen molar-refractivity contribution < 1.29 is 28.0 Å². The number of nitro groups is 1. The van der Waals surface area contributed by atoms with Gasteiger partial charge in [0.1, 0.15) is 5.70 Å². The molecule has 0 aliphatic carbocycles. The number of halogens is 2. The highest BCUT2D eigenvalue weighted by Crippen LogP contribution is 2.31. The minimum atomic E-state index is -1.12. The summed E-state index contributed by atoms with van der Waals surface area (Å²) in [6.45, 7) is 3.71. The third-order valence-corrected chi connectivity index (χ3v) is 4.49. The van der Waals surface area contributed by atoms with Gasteiger partial charge in [-0.15, -0.1) is 0 Å². The van der Waals surface area contributed by atoms with Crippen LogP contribution in [0.1, 0.15) is 19.4 Å². The second-order valence-electron chi connectivity index (χ2n) is 6.99. The van der Waals surface area contributed by atoms with Crippen molar-refractivity contribution in [3.8, 4) is 0 Å². The van der Waals surface area contributed by atoms with Gasteiger partial charge in [-0.1, -0.05) is 0 Å². The summed E-state index contributed by atoms with van der Waals surface area (Å²) in [6.07, 6.45) is -0.102. The Bertz CT molecular complexity index is 1070. The second kappa shape index (κ2) is 9.00. The van der Waals surface area contributed by atoms with Crippen LogP contribution in [0.25, 0.3) is 5.57 Å².